The van der Waals surface area contributed by atoms with Gasteiger partial charge in [0.05, 0.1) is 6.04 Å². The number of hydrogen-bond donors (Lipinski definition) is 2. The molecule has 2 aliphatic heterocycles. The first-order chi connectivity index (χ1) is 17.6. The lowest BCUT2D eigenvalue weighted by Gasteiger charge is -2.37. The van der Waals surface area contributed by atoms with Gasteiger partial charge in [0.2, 0.25) is 0 Å². The zero-order valence-corrected chi connectivity index (χ0v) is 21.4. The largest absolute Gasteiger partial charge is 0.508 e. The number of likely N-dealkylation sites (tertiary alicyclic amines) is 1. The number of phenolic OH excluding ortho intramolecular Hbond substituents is 1. The van der Waals surface area contributed by atoms with Gasteiger partial charge in [0.25, 0.3) is 5.91 Å². The molecule has 2 heterocycles. The molecule has 36 heavy (non-hydrogen) atoms. The van der Waals surface area contributed by atoms with Crippen molar-refractivity contribution in [1.82, 2.24) is 15.1 Å². The standard InChI is InChI=1S/C31H41N3O2/c1-2-19-33-20-18-27-16-17-28(22-33)34(27)30(25-8-7-11-29(35)21-25)23-12-14-24(15-13-23)31(36)32-26-9-5-3-4-6-10-26/h2,7-8,11-15,21,26-28,30,35H,1,3-6,9-10,16-20,22H2,(H,32,36). The number of nitrogens with one attached hydrogen (secondary N) is 1. The van der Waals surface area contributed by atoms with Gasteiger partial charge in [0.1, 0.15) is 5.75 Å². The molecule has 3 atom stereocenters. The summed E-state index contributed by atoms with van der Waals surface area (Å²) >= 11 is 0. The predicted octanol–water partition coefficient (Wildman–Crippen LogP) is 5.66. The number of carbonyl (C=O) groups excluding carboxylic acids is 1. The highest BCUT2D eigenvalue weighted by atomic mass is 16.3. The molecule has 2 bridgehead atoms. The number of fused-ring (bicyclic) bond motifs is 2. The Hall–Kier alpha value is -2.63. The lowest BCUT2D eigenvalue weighted by Crippen LogP contribution is -2.42. The zero-order valence-electron chi connectivity index (χ0n) is 21.4. The number of rotatable bonds is 7. The SMILES string of the molecule is C=CCN1CCC2CCC(C1)N2C(c1ccc(C(=O)NC2CCCCCC2)cc1)c1cccc(O)c1. The van der Waals surface area contributed by atoms with Crippen LogP contribution < -0.4 is 5.32 Å². The summed E-state index contributed by atoms with van der Waals surface area (Å²) in [5.74, 6) is 0.338. The Labute approximate surface area is 216 Å². The summed E-state index contributed by atoms with van der Waals surface area (Å²) in [6.07, 6.45) is 12.7. The summed E-state index contributed by atoms with van der Waals surface area (Å²) in [4.78, 5) is 18.2. The maximum Gasteiger partial charge on any atom is 0.251 e. The summed E-state index contributed by atoms with van der Waals surface area (Å²) in [5, 5.41) is 13.6. The zero-order chi connectivity index (χ0) is 24.9. The fourth-order valence-electron chi connectivity index (χ4n) is 6.69. The summed E-state index contributed by atoms with van der Waals surface area (Å²) in [7, 11) is 0. The first-order valence-corrected chi connectivity index (χ1v) is 13.9. The Kier molecular flexibility index (Phi) is 8.08. The number of hydrogen-bond acceptors (Lipinski definition) is 4. The highest BCUT2D eigenvalue weighted by molar-refractivity contribution is 5.94. The van der Waals surface area contributed by atoms with Crippen LogP contribution in [0.5, 0.6) is 5.75 Å². The van der Waals surface area contributed by atoms with Gasteiger partial charge in [-0.2, -0.15) is 0 Å². The van der Waals surface area contributed by atoms with Crippen LogP contribution in [0.3, 0.4) is 0 Å². The molecule has 2 aromatic carbocycles. The van der Waals surface area contributed by atoms with Crippen molar-refractivity contribution in [2.24, 2.45) is 0 Å². The number of phenols is 1. The highest BCUT2D eigenvalue weighted by Gasteiger charge is 2.41. The first-order valence-electron chi connectivity index (χ1n) is 13.9. The minimum Gasteiger partial charge on any atom is -0.508 e. The molecule has 3 fully saturated rings. The average Bonchev–Trinajstić information content (AvgIpc) is 3.01. The molecule has 5 heteroatoms. The minimum absolute atomic E-state index is 0.0391. The molecule has 192 valence electrons. The molecular formula is C31H41N3O2. The number of nitrogens with zero attached hydrogens (tertiary/aromatic N) is 2. The van der Waals surface area contributed by atoms with Gasteiger partial charge in [-0.1, -0.05) is 56.0 Å². The van der Waals surface area contributed by atoms with E-state index in [1.807, 2.05) is 30.3 Å². The van der Waals surface area contributed by atoms with E-state index in [0.717, 1.165) is 50.0 Å². The van der Waals surface area contributed by atoms with Crippen molar-refractivity contribution in [1.29, 1.82) is 0 Å². The molecule has 2 aromatic rings. The quantitative estimate of drug-likeness (QED) is 0.391. The van der Waals surface area contributed by atoms with Crippen LogP contribution in [0.4, 0.5) is 0 Å². The van der Waals surface area contributed by atoms with Gasteiger partial charge in [0.15, 0.2) is 0 Å². The van der Waals surface area contributed by atoms with Crippen molar-refractivity contribution in [2.75, 3.05) is 19.6 Å². The number of carbonyl (C=O) groups is 1. The lowest BCUT2D eigenvalue weighted by molar-refractivity contribution is 0.0933. The van der Waals surface area contributed by atoms with Crippen molar-refractivity contribution in [2.45, 2.75) is 82.0 Å². The second-order valence-electron chi connectivity index (χ2n) is 11.0. The summed E-state index contributed by atoms with van der Waals surface area (Å²) in [6, 6.07) is 17.3. The van der Waals surface area contributed by atoms with Crippen LogP contribution >= 0.6 is 0 Å². The van der Waals surface area contributed by atoms with Gasteiger partial charge in [-0.05, 0) is 67.5 Å². The van der Waals surface area contributed by atoms with Crippen molar-refractivity contribution in [3.8, 4) is 5.75 Å². The molecule has 2 N–H and O–H groups in total. The molecule has 3 aliphatic rings. The van der Waals surface area contributed by atoms with Crippen molar-refractivity contribution >= 4 is 5.91 Å². The van der Waals surface area contributed by atoms with Gasteiger partial charge in [-0.3, -0.25) is 14.6 Å². The van der Waals surface area contributed by atoms with Gasteiger partial charge in [0, 0.05) is 43.3 Å². The van der Waals surface area contributed by atoms with E-state index in [2.05, 4.69) is 39.9 Å². The van der Waals surface area contributed by atoms with Gasteiger partial charge < -0.3 is 10.4 Å². The van der Waals surface area contributed by atoms with Crippen LogP contribution in [0, 0.1) is 0 Å². The molecule has 2 saturated heterocycles. The second-order valence-corrected chi connectivity index (χ2v) is 11.0. The molecule has 5 nitrogen and oxygen atoms in total. The van der Waals surface area contributed by atoms with Gasteiger partial charge in [-0.25, -0.2) is 0 Å². The lowest BCUT2D eigenvalue weighted by atomic mass is 9.94. The van der Waals surface area contributed by atoms with E-state index in [4.69, 9.17) is 0 Å². The van der Waals surface area contributed by atoms with E-state index in [-0.39, 0.29) is 11.9 Å². The fourth-order valence-corrected chi connectivity index (χ4v) is 6.69. The van der Waals surface area contributed by atoms with E-state index >= 15 is 0 Å². The number of benzene rings is 2. The Morgan fingerprint density at radius 1 is 0.972 bits per heavy atom. The molecule has 0 aromatic heterocycles. The highest BCUT2D eigenvalue weighted by Crippen LogP contribution is 2.41. The monoisotopic (exact) mass is 487 g/mol. The van der Waals surface area contributed by atoms with Crippen molar-refractivity contribution in [3.05, 3.63) is 77.9 Å². The molecule has 5 rings (SSSR count). The molecule has 3 unspecified atom stereocenters. The van der Waals surface area contributed by atoms with Gasteiger partial charge >= 0.3 is 0 Å². The minimum atomic E-state index is 0.0391. The molecule has 0 spiro atoms. The maximum absolute atomic E-state index is 13.0. The van der Waals surface area contributed by atoms with E-state index in [1.165, 1.54) is 44.1 Å². The molecule has 1 saturated carbocycles. The van der Waals surface area contributed by atoms with Crippen LogP contribution in [-0.2, 0) is 0 Å². The third-order valence-corrected chi connectivity index (χ3v) is 8.47. The van der Waals surface area contributed by atoms with Gasteiger partial charge in [-0.15, -0.1) is 6.58 Å². The Morgan fingerprint density at radius 3 is 2.44 bits per heavy atom. The maximum atomic E-state index is 13.0. The number of aromatic hydroxyl groups is 1. The first kappa shape index (κ1) is 25.0. The second kappa shape index (κ2) is 11.6. The normalized spacial score (nSPS) is 24.6. The van der Waals surface area contributed by atoms with E-state index < -0.39 is 0 Å². The Morgan fingerprint density at radius 2 is 1.72 bits per heavy atom. The topological polar surface area (TPSA) is 55.8 Å². The molecule has 1 amide bonds. The van der Waals surface area contributed by atoms with Crippen molar-refractivity contribution < 1.29 is 9.90 Å². The summed E-state index contributed by atoms with van der Waals surface area (Å²) < 4.78 is 0. The van der Waals surface area contributed by atoms with Crippen LogP contribution in [0.25, 0.3) is 0 Å². The fraction of sp³-hybridized carbons (Fsp3) is 0.516. The third-order valence-electron chi connectivity index (χ3n) is 8.47. The predicted molar refractivity (Wildman–Crippen MR) is 145 cm³/mol. The molecule has 0 radical (unpaired) electrons. The Balaban J connectivity index is 1.40. The Bertz CT molecular complexity index is 1030. The smallest absolute Gasteiger partial charge is 0.251 e. The van der Waals surface area contributed by atoms with E-state index in [9.17, 15) is 9.90 Å². The summed E-state index contributed by atoms with van der Waals surface area (Å²) in [5.41, 5.74) is 3.02. The van der Waals surface area contributed by atoms with Crippen LogP contribution in [0.1, 0.15) is 85.3 Å². The third kappa shape index (κ3) is 5.68. The van der Waals surface area contributed by atoms with Crippen LogP contribution in [0.15, 0.2) is 61.2 Å². The van der Waals surface area contributed by atoms with E-state index in [0.29, 0.717) is 23.9 Å². The molecular weight excluding hydrogens is 446 g/mol. The summed E-state index contributed by atoms with van der Waals surface area (Å²) in [6.45, 7) is 7.02. The van der Waals surface area contributed by atoms with Crippen LogP contribution in [-0.4, -0.2) is 58.6 Å². The van der Waals surface area contributed by atoms with E-state index in [1.54, 1.807) is 6.07 Å². The molecule has 1 aliphatic carbocycles. The average molecular weight is 488 g/mol. The van der Waals surface area contributed by atoms with Crippen molar-refractivity contribution in [3.63, 3.8) is 0 Å². The van der Waals surface area contributed by atoms with Crippen LogP contribution in [0.2, 0.25) is 0 Å². The number of amides is 1.